The van der Waals surface area contributed by atoms with E-state index in [1.165, 1.54) is 37.7 Å². The van der Waals surface area contributed by atoms with Crippen molar-refractivity contribution >= 4 is 23.3 Å². The second-order valence-electron chi connectivity index (χ2n) is 9.16. The van der Waals surface area contributed by atoms with E-state index in [-0.39, 0.29) is 12.5 Å². The lowest BCUT2D eigenvalue weighted by atomic mass is 9.84. The largest absolute Gasteiger partial charge is 0.480 e. The maximum absolute atomic E-state index is 12.6. The number of carbonyl (C=O) groups excluding carboxylic acids is 1. The van der Waals surface area contributed by atoms with E-state index < -0.39 is 11.5 Å². The number of nitrogens with zero attached hydrogens (tertiary/aromatic N) is 1. The summed E-state index contributed by atoms with van der Waals surface area (Å²) in [6.45, 7) is 1.38. The minimum Gasteiger partial charge on any atom is -0.480 e. The van der Waals surface area contributed by atoms with E-state index in [1.54, 1.807) is 0 Å². The SMILES string of the molecule is O=C(CN1CCC(Nc2ccccc2)(C(=O)O)CC1)Nc1ccc(C2CCCCC2)cc1. The third kappa shape index (κ3) is 5.49. The number of carboxylic acid groups (broad SMARTS) is 1. The summed E-state index contributed by atoms with van der Waals surface area (Å²) >= 11 is 0. The van der Waals surface area contributed by atoms with Crippen LogP contribution in [-0.2, 0) is 9.59 Å². The minimum atomic E-state index is -0.997. The Bertz CT molecular complexity index is 900. The van der Waals surface area contributed by atoms with E-state index in [2.05, 4.69) is 22.8 Å². The highest BCUT2D eigenvalue weighted by atomic mass is 16.4. The fraction of sp³-hybridized carbons (Fsp3) is 0.462. The van der Waals surface area contributed by atoms with Gasteiger partial charge in [0.2, 0.25) is 5.91 Å². The number of nitrogens with one attached hydrogen (secondary N) is 2. The van der Waals surface area contributed by atoms with Crippen LogP contribution in [0.3, 0.4) is 0 Å². The molecule has 2 aromatic carbocycles. The molecular weight excluding hydrogens is 402 g/mol. The van der Waals surface area contributed by atoms with Crippen molar-refractivity contribution in [2.45, 2.75) is 56.4 Å². The quantitative estimate of drug-likeness (QED) is 0.587. The number of hydrogen-bond acceptors (Lipinski definition) is 4. The first-order valence-electron chi connectivity index (χ1n) is 11.7. The van der Waals surface area contributed by atoms with Gasteiger partial charge in [0.15, 0.2) is 0 Å². The first-order valence-corrected chi connectivity index (χ1v) is 11.7. The number of aliphatic carboxylic acids is 1. The lowest BCUT2D eigenvalue weighted by Crippen LogP contribution is -2.55. The van der Waals surface area contributed by atoms with Crippen LogP contribution in [0.25, 0.3) is 0 Å². The number of rotatable bonds is 7. The minimum absolute atomic E-state index is 0.0609. The highest BCUT2D eigenvalue weighted by molar-refractivity contribution is 5.92. The molecule has 1 aliphatic heterocycles. The molecule has 32 heavy (non-hydrogen) atoms. The zero-order chi connectivity index (χ0) is 22.4. The number of hydrogen-bond donors (Lipinski definition) is 3. The van der Waals surface area contributed by atoms with Gasteiger partial charge in [0.05, 0.1) is 6.54 Å². The Morgan fingerprint density at radius 3 is 2.19 bits per heavy atom. The molecule has 0 atom stereocenters. The molecule has 0 radical (unpaired) electrons. The molecule has 1 amide bonds. The molecular formula is C26H33N3O3. The molecule has 3 N–H and O–H groups in total. The molecule has 1 aliphatic carbocycles. The Morgan fingerprint density at radius 2 is 1.56 bits per heavy atom. The molecule has 2 fully saturated rings. The number of anilines is 2. The van der Waals surface area contributed by atoms with Gasteiger partial charge in [-0.1, -0.05) is 49.6 Å². The summed E-state index contributed by atoms with van der Waals surface area (Å²) in [5.74, 6) is -0.251. The van der Waals surface area contributed by atoms with Gasteiger partial charge < -0.3 is 15.7 Å². The highest BCUT2D eigenvalue weighted by Gasteiger charge is 2.41. The average Bonchev–Trinajstić information content (AvgIpc) is 2.82. The molecule has 6 heteroatoms. The Labute approximate surface area is 190 Å². The second-order valence-corrected chi connectivity index (χ2v) is 9.16. The smallest absolute Gasteiger partial charge is 0.329 e. The molecule has 6 nitrogen and oxygen atoms in total. The van der Waals surface area contributed by atoms with Gasteiger partial charge in [0, 0.05) is 24.5 Å². The summed E-state index contributed by atoms with van der Waals surface area (Å²) in [6.07, 6.45) is 7.37. The van der Waals surface area contributed by atoms with Crippen LogP contribution in [0.2, 0.25) is 0 Å². The van der Waals surface area contributed by atoms with E-state index >= 15 is 0 Å². The first kappa shape index (κ1) is 22.3. The van der Waals surface area contributed by atoms with Gasteiger partial charge in [-0.05, 0) is 61.4 Å². The van der Waals surface area contributed by atoms with Gasteiger partial charge in [-0.2, -0.15) is 0 Å². The predicted molar refractivity (Wildman–Crippen MR) is 127 cm³/mol. The van der Waals surface area contributed by atoms with Crippen LogP contribution in [0.5, 0.6) is 0 Å². The van der Waals surface area contributed by atoms with E-state index in [4.69, 9.17) is 0 Å². The van der Waals surface area contributed by atoms with Crippen molar-refractivity contribution in [3.63, 3.8) is 0 Å². The molecule has 0 bridgehead atoms. The summed E-state index contributed by atoms with van der Waals surface area (Å²) in [7, 11) is 0. The van der Waals surface area contributed by atoms with Crippen molar-refractivity contribution < 1.29 is 14.7 Å². The molecule has 170 valence electrons. The number of piperidine rings is 1. The van der Waals surface area contributed by atoms with Crippen molar-refractivity contribution in [1.82, 2.24) is 4.90 Å². The van der Waals surface area contributed by atoms with Crippen LogP contribution in [0.4, 0.5) is 11.4 Å². The Balaban J connectivity index is 1.28. The molecule has 0 aromatic heterocycles. The van der Waals surface area contributed by atoms with Crippen molar-refractivity contribution in [3.8, 4) is 0 Å². The summed E-state index contributed by atoms with van der Waals surface area (Å²) in [4.78, 5) is 26.6. The van der Waals surface area contributed by atoms with Gasteiger partial charge in [0.1, 0.15) is 5.54 Å². The van der Waals surface area contributed by atoms with Crippen molar-refractivity contribution in [2.24, 2.45) is 0 Å². The molecule has 1 heterocycles. The van der Waals surface area contributed by atoms with Crippen LogP contribution in [0.15, 0.2) is 54.6 Å². The highest BCUT2D eigenvalue weighted by Crippen LogP contribution is 2.33. The van der Waals surface area contributed by atoms with Crippen molar-refractivity contribution in [1.29, 1.82) is 0 Å². The number of carbonyl (C=O) groups is 2. The van der Waals surface area contributed by atoms with E-state index in [0.29, 0.717) is 31.8 Å². The maximum atomic E-state index is 12.6. The van der Waals surface area contributed by atoms with Crippen LogP contribution in [-0.4, -0.2) is 47.1 Å². The fourth-order valence-corrected chi connectivity index (χ4v) is 4.96. The average molecular weight is 436 g/mol. The molecule has 0 spiro atoms. The van der Waals surface area contributed by atoms with E-state index in [9.17, 15) is 14.7 Å². The zero-order valence-corrected chi connectivity index (χ0v) is 18.6. The van der Waals surface area contributed by atoms with Crippen LogP contribution in [0.1, 0.15) is 56.4 Å². The van der Waals surface area contributed by atoms with Gasteiger partial charge in [0.25, 0.3) is 0 Å². The predicted octanol–water partition coefficient (Wildman–Crippen LogP) is 4.70. The molecule has 4 rings (SSSR count). The van der Waals surface area contributed by atoms with Crippen molar-refractivity contribution in [3.05, 3.63) is 60.2 Å². The molecule has 1 saturated heterocycles. The zero-order valence-electron chi connectivity index (χ0n) is 18.6. The van der Waals surface area contributed by atoms with E-state index in [1.807, 2.05) is 47.4 Å². The normalized spacial score (nSPS) is 19.2. The lowest BCUT2D eigenvalue weighted by Gasteiger charge is -2.39. The van der Waals surface area contributed by atoms with E-state index in [0.717, 1.165) is 11.4 Å². The van der Waals surface area contributed by atoms with Gasteiger partial charge in [-0.25, -0.2) is 4.79 Å². The third-order valence-corrected chi connectivity index (χ3v) is 6.91. The standard InChI is InChI=1S/C26H33N3O3/c30-24(27-22-13-11-21(12-14-22)20-7-3-1-4-8-20)19-29-17-15-26(16-18-29,25(31)32)28-23-9-5-2-6-10-23/h2,5-6,9-14,20,28H,1,3-4,7-8,15-19H2,(H,27,30)(H,31,32). The number of likely N-dealkylation sites (tertiary alicyclic amines) is 1. The Morgan fingerprint density at radius 1 is 0.906 bits per heavy atom. The maximum Gasteiger partial charge on any atom is 0.329 e. The van der Waals surface area contributed by atoms with Gasteiger partial charge in [-0.3, -0.25) is 9.69 Å². The molecule has 2 aromatic rings. The number of benzene rings is 2. The van der Waals surface area contributed by atoms with Crippen molar-refractivity contribution in [2.75, 3.05) is 30.3 Å². The van der Waals surface area contributed by atoms with Crippen LogP contribution < -0.4 is 10.6 Å². The molecule has 1 saturated carbocycles. The molecule has 0 unspecified atom stereocenters. The first-order chi connectivity index (χ1) is 15.5. The molecule has 2 aliphatic rings. The number of carboxylic acids is 1. The number of amides is 1. The second kappa shape index (κ2) is 10.2. The fourth-order valence-electron chi connectivity index (χ4n) is 4.96. The third-order valence-electron chi connectivity index (χ3n) is 6.91. The summed E-state index contributed by atoms with van der Waals surface area (Å²) < 4.78 is 0. The van der Waals surface area contributed by atoms with Crippen LogP contribution in [0, 0.1) is 0 Å². The number of para-hydroxylation sites is 1. The van der Waals surface area contributed by atoms with Gasteiger partial charge >= 0.3 is 5.97 Å². The summed E-state index contributed by atoms with van der Waals surface area (Å²) in [5.41, 5.74) is 1.99. The summed E-state index contributed by atoms with van der Waals surface area (Å²) in [6, 6.07) is 17.7. The summed E-state index contributed by atoms with van der Waals surface area (Å²) in [5, 5.41) is 16.1. The lowest BCUT2D eigenvalue weighted by molar-refractivity contribution is -0.144. The van der Waals surface area contributed by atoms with Gasteiger partial charge in [-0.15, -0.1) is 0 Å². The topological polar surface area (TPSA) is 81.7 Å². The Hall–Kier alpha value is -2.86. The van der Waals surface area contributed by atoms with Crippen LogP contribution >= 0.6 is 0 Å². The monoisotopic (exact) mass is 435 g/mol. The Kier molecular flexibility index (Phi) is 7.10.